The number of ether oxygens (including phenoxy) is 2. The van der Waals surface area contributed by atoms with Gasteiger partial charge in [-0.15, -0.1) is 11.3 Å². The van der Waals surface area contributed by atoms with Gasteiger partial charge in [-0.2, -0.15) is 0 Å². The van der Waals surface area contributed by atoms with E-state index >= 15 is 0 Å². The van der Waals surface area contributed by atoms with Crippen molar-refractivity contribution in [2.75, 3.05) is 50.1 Å². The molecule has 2 aromatic heterocycles. The van der Waals surface area contributed by atoms with E-state index in [2.05, 4.69) is 55.2 Å². The third-order valence-corrected chi connectivity index (χ3v) is 8.25. The third kappa shape index (κ3) is 4.36. The highest BCUT2D eigenvalue weighted by Crippen LogP contribution is 2.39. The summed E-state index contributed by atoms with van der Waals surface area (Å²) in [7, 11) is 1.70. The van der Waals surface area contributed by atoms with Crippen molar-refractivity contribution >= 4 is 49.6 Å². The van der Waals surface area contributed by atoms with Gasteiger partial charge in [-0.1, -0.05) is 0 Å². The summed E-state index contributed by atoms with van der Waals surface area (Å²) in [4.78, 5) is 18.8. The summed E-state index contributed by atoms with van der Waals surface area (Å²) < 4.78 is 12.9. The monoisotopic (exact) mass is 504 g/mol. The zero-order valence-electron chi connectivity index (χ0n) is 21.0. The molecule has 2 aliphatic heterocycles. The normalized spacial score (nSPS) is 21.1. The van der Waals surface area contributed by atoms with E-state index in [4.69, 9.17) is 9.47 Å². The number of anilines is 3. The number of aromatic nitrogens is 3. The van der Waals surface area contributed by atoms with Crippen LogP contribution in [0, 0.1) is 0 Å². The molecular formula is C27H32N6O2S. The van der Waals surface area contributed by atoms with Crippen molar-refractivity contribution in [3.05, 3.63) is 42.2 Å². The van der Waals surface area contributed by atoms with Crippen molar-refractivity contribution in [3.63, 3.8) is 0 Å². The van der Waals surface area contributed by atoms with Crippen molar-refractivity contribution in [1.29, 1.82) is 0 Å². The van der Waals surface area contributed by atoms with Gasteiger partial charge in [-0.25, -0.2) is 15.0 Å². The highest BCUT2D eigenvalue weighted by Gasteiger charge is 2.41. The van der Waals surface area contributed by atoms with E-state index in [0.717, 1.165) is 63.7 Å². The Kier molecular flexibility index (Phi) is 6.15. The predicted molar refractivity (Wildman–Crippen MR) is 146 cm³/mol. The van der Waals surface area contributed by atoms with E-state index in [0.29, 0.717) is 6.61 Å². The zero-order valence-corrected chi connectivity index (χ0v) is 21.8. The summed E-state index contributed by atoms with van der Waals surface area (Å²) in [6, 6.07) is 10.5. The van der Waals surface area contributed by atoms with Crippen molar-refractivity contribution < 1.29 is 9.47 Å². The van der Waals surface area contributed by atoms with Gasteiger partial charge < -0.3 is 19.7 Å². The average Bonchev–Trinajstić information content (AvgIpc) is 3.49. The van der Waals surface area contributed by atoms with E-state index in [9.17, 15) is 0 Å². The molecule has 4 heterocycles. The highest BCUT2D eigenvalue weighted by atomic mass is 32.1. The molecule has 0 spiro atoms. The van der Waals surface area contributed by atoms with Crippen LogP contribution < -0.4 is 15.0 Å². The molecule has 0 amide bonds. The van der Waals surface area contributed by atoms with Gasteiger partial charge in [0.05, 0.1) is 33.2 Å². The second kappa shape index (κ2) is 9.46. The molecule has 0 unspecified atom stereocenters. The number of hydrogen-bond acceptors (Lipinski definition) is 9. The fourth-order valence-corrected chi connectivity index (χ4v) is 6.37. The Labute approximate surface area is 215 Å². The Bertz CT molecular complexity index is 1390. The fourth-order valence-electron chi connectivity index (χ4n) is 5.66. The first kappa shape index (κ1) is 23.4. The minimum Gasteiger partial charge on any atom is -0.487 e. The molecule has 9 heteroatoms. The lowest BCUT2D eigenvalue weighted by atomic mass is 9.95. The second-order valence-corrected chi connectivity index (χ2v) is 11.0. The van der Waals surface area contributed by atoms with Crippen LogP contribution in [0.2, 0.25) is 0 Å². The van der Waals surface area contributed by atoms with Crippen LogP contribution in [0.4, 0.5) is 17.2 Å². The standard InChI is InChI=1S/C27H32N6O2S/c1-18(14-34-3)35-23-13-20(32-9-10-33-8-4-7-27(33,2)15-32)12-22-25(23)26(29-16-28-22)31-19-5-6-21-24(11-19)36-17-30-21/h5-6,11-13,16-18H,4,7-10,14-15H2,1-3H3,(H,28,29,31)/t18-,27-/m1/s1. The van der Waals surface area contributed by atoms with Crippen LogP contribution in [0.1, 0.15) is 26.7 Å². The number of rotatable bonds is 7. The van der Waals surface area contributed by atoms with Crippen LogP contribution in [0.25, 0.3) is 21.1 Å². The Morgan fingerprint density at radius 3 is 2.92 bits per heavy atom. The Balaban J connectivity index is 1.40. The Morgan fingerprint density at radius 1 is 1.11 bits per heavy atom. The van der Waals surface area contributed by atoms with Crippen LogP contribution in [-0.2, 0) is 4.74 Å². The molecule has 1 N–H and O–H groups in total. The lowest BCUT2D eigenvalue weighted by molar-refractivity contribution is 0.0931. The van der Waals surface area contributed by atoms with Crippen LogP contribution in [0.5, 0.6) is 5.75 Å². The van der Waals surface area contributed by atoms with Gasteiger partial charge in [0.15, 0.2) is 0 Å². The molecule has 2 fully saturated rings. The average molecular weight is 505 g/mol. The summed E-state index contributed by atoms with van der Waals surface area (Å²) in [5, 5.41) is 4.38. The molecule has 2 atom stereocenters. The molecule has 36 heavy (non-hydrogen) atoms. The summed E-state index contributed by atoms with van der Waals surface area (Å²) in [5.41, 5.74) is 6.05. The first-order chi connectivity index (χ1) is 17.5. The van der Waals surface area contributed by atoms with Crippen molar-refractivity contribution in [2.24, 2.45) is 0 Å². The SMILES string of the molecule is COC[C@@H](C)Oc1cc(N2CCN3CCC[C@]3(C)C2)cc2ncnc(Nc3ccc4ncsc4c3)c12. The first-order valence-electron chi connectivity index (χ1n) is 12.6. The molecule has 8 nitrogen and oxygen atoms in total. The Hall–Kier alpha value is -3.01. The maximum atomic E-state index is 6.46. The number of methoxy groups -OCH3 is 1. The molecule has 0 bridgehead atoms. The molecular weight excluding hydrogens is 472 g/mol. The molecule has 0 saturated carbocycles. The Morgan fingerprint density at radius 2 is 2.03 bits per heavy atom. The number of piperazine rings is 1. The number of nitrogens with zero attached hydrogens (tertiary/aromatic N) is 5. The van der Waals surface area contributed by atoms with E-state index in [1.165, 1.54) is 19.4 Å². The van der Waals surface area contributed by atoms with Crippen LogP contribution in [0.15, 0.2) is 42.2 Å². The maximum absolute atomic E-state index is 6.46. The van der Waals surface area contributed by atoms with Gasteiger partial charge in [0.2, 0.25) is 0 Å². The quantitative estimate of drug-likeness (QED) is 0.374. The number of fused-ring (bicyclic) bond motifs is 3. The largest absolute Gasteiger partial charge is 0.487 e. The first-order valence-corrected chi connectivity index (χ1v) is 13.4. The number of hydrogen-bond donors (Lipinski definition) is 1. The van der Waals surface area contributed by atoms with Gasteiger partial charge >= 0.3 is 0 Å². The number of thiazole rings is 1. The minimum atomic E-state index is -0.112. The van der Waals surface area contributed by atoms with Crippen LogP contribution in [0.3, 0.4) is 0 Å². The second-order valence-electron chi connectivity index (χ2n) is 10.1. The van der Waals surface area contributed by atoms with Crippen LogP contribution in [-0.4, -0.2) is 71.4 Å². The summed E-state index contributed by atoms with van der Waals surface area (Å²) >= 11 is 1.63. The van der Waals surface area contributed by atoms with Crippen molar-refractivity contribution in [1.82, 2.24) is 19.9 Å². The van der Waals surface area contributed by atoms with Gasteiger partial charge in [-0.05, 0) is 57.5 Å². The van der Waals surface area contributed by atoms with E-state index in [-0.39, 0.29) is 11.6 Å². The summed E-state index contributed by atoms with van der Waals surface area (Å²) in [5.74, 6) is 1.50. The van der Waals surface area contributed by atoms with Crippen molar-refractivity contribution in [2.45, 2.75) is 38.3 Å². The van der Waals surface area contributed by atoms with Gasteiger partial charge in [-0.3, -0.25) is 4.90 Å². The third-order valence-electron chi connectivity index (χ3n) is 7.45. The predicted octanol–water partition coefficient (Wildman–Crippen LogP) is 5.07. The van der Waals surface area contributed by atoms with Gasteiger partial charge in [0.1, 0.15) is 24.0 Å². The molecule has 6 rings (SSSR count). The highest BCUT2D eigenvalue weighted by molar-refractivity contribution is 7.16. The molecule has 0 aliphatic carbocycles. The topological polar surface area (TPSA) is 75.6 Å². The van der Waals surface area contributed by atoms with Crippen molar-refractivity contribution in [3.8, 4) is 5.75 Å². The van der Waals surface area contributed by atoms with Gasteiger partial charge in [0.25, 0.3) is 0 Å². The van der Waals surface area contributed by atoms with E-state index in [1.807, 2.05) is 24.6 Å². The molecule has 188 valence electrons. The maximum Gasteiger partial charge on any atom is 0.145 e. The number of benzene rings is 2. The minimum absolute atomic E-state index is 0.112. The zero-order chi connectivity index (χ0) is 24.7. The smallest absolute Gasteiger partial charge is 0.145 e. The lowest BCUT2D eigenvalue weighted by Crippen LogP contribution is -2.57. The molecule has 0 radical (unpaired) electrons. The molecule has 4 aromatic rings. The van der Waals surface area contributed by atoms with Gasteiger partial charge in [0, 0.05) is 49.7 Å². The lowest BCUT2D eigenvalue weighted by Gasteiger charge is -2.46. The molecule has 2 aliphatic rings. The summed E-state index contributed by atoms with van der Waals surface area (Å²) in [6.07, 6.45) is 4.03. The number of nitrogens with one attached hydrogen (secondary N) is 1. The van der Waals surface area contributed by atoms with Crippen LogP contribution >= 0.6 is 11.3 Å². The fraction of sp³-hybridized carbons (Fsp3) is 0.444. The van der Waals surface area contributed by atoms with E-state index in [1.54, 1.807) is 24.8 Å². The molecule has 2 aromatic carbocycles. The van der Waals surface area contributed by atoms with E-state index < -0.39 is 0 Å². The summed E-state index contributed by atoms with van der Waals surface area (Å²) in [6.45, 7) is 9.23. The molecule has 2 saturated heterocycles.